The van der Waals surface area contributed by atoms with Gasteiger partial charge in [0.15, 0.2) is 0 Å². The number of carbonyl (C=O) groups is 1. The lowest BCUT2D eigenvalue weighted by Gasteiger charge is -2.21. The fourth-order valence-corrected chi connectivity index (χ4v) is 5.06. The molecule has 3 aromatic carbocycles. The second kappa shape index (κ2) is 9.95. The molecular formula is C29H28FN3O3. The molecule has 1 fully saturated rings. The van der Waals surface area contributed by atoms with Gasteiger partial charge in [0.05, 0.1) is 11.2 Å². The number of anilines is 1. The van der Waals surface area contributed by atoms with Crippen molar-refractivity contribution in [1.82, 2.24) is 9.88 Å². The summed E-state index contributed by atoms with van der Waals surface area (Å²) in [7, 11) is 1.91. The Labute approximate surface area is 208 Å². The molecule has 0 spiro atoms. The van der Waals surface area contributed by atoms with E-state index in [4.69, 9.17) is 0 Å². The number of benzene rings is 3. The van der Waals surface area contributed by atoms with E-state index in [2.05, 4.69) is 5.32 Å². The summed E-state index contributed by atoms with van der Waals surface area (Å²) in [5.41, 5.74) is 3.04. The van der Waals surface area contributed by atoms with Gasteiger partial charge in [0.2, 0.25) is 5.43 Å². The summed E-state index contributed by atoms with van der Waals surface area (Å²) in [5, 5.41) is 12.9. The van der Waals surface area contributed by atoms with Gasteiger partial charge in [0.1, 0.15) is 11.4 Å². The summed E-state index contributed by atoms with van der Waals surface area (Å²) in [6, 6.07) is 20.9. The minimum atomic E-state index is -1.32. The monoisotopic (exact) mass is 485 g/mol. The highest BCUT2D eigenvalue weighted by atomic mass is 19.1. The summed E-state index contributed by atoms with van der Waals surface area (Å²) >= 11 is 0. The van der Waals surface area contributed by atoms with Crippen molar-refractivity contribution < 1.29 is 14.3 Å². The van der Waals surface area contributed by atoms with E-state index in [1.807, 2.05) is 66.5 Å². The molecule has 0 bridgehead atoms. The number of pyridine rings is 1. The predicted octanol–water partition coefficient (Wildman–Crippen LogP) is 4.60. The molecule has 0 radical (unpaired) electrons. The molecule has 36 heavy (non-hydrogen) atoms. The Kier molecular flexibility index (Phi) is 6.57. The molecule has 1 aliphatic heterocycles. The van der Waals surface area contributed by atoms with Crippen molar-refractivity contribution in [3.63, 3.8) is 0 Å². The SMILES string of the molecule is CNC[C@@H]1CCN(c2cc3c(cc2F)c(=O)c(C(=O)O)cn3Cc2ccc(-c3ccccc3)cc2)C1. The van der Waals surface area contributed by atoms with Gasteiger partial charge in [-0.05, 0) is 54.8 Å². The van der Waals surface area contributed by atoms with Crippen molar-refractivity contribution in [1.29, 1.82) is 0 Å². The zero-order chi connectivity index (χ0) is 25.2. The quantitative estimate of drug-likeness (QED) is 0.400. The van der Waals surface area contributed by atoms with Crippen LogP contribution in [0.4, 0.5) is 10.1 Å². The van der Waals surface area contributed by atoms with Crippen LogP contribution in [-0.4, -0.2) is 42.3 Å². The lowest BCUT2D eigenvalue weighted by molar-refractivity contribution is 0.0695. The number of rotatable bonds is 7. The van der Waals surface area contributed by atoms with E-state index in [0.29, 0.717) is 23.7 Å². The summed E-state index contributed by atoms with van der Waals surface area (Å²) in [6.45, 7) is 2.66. The molecular weight excluding hydrogens is 457 g/mol. The van der Waals surface area contributed by atoms with E-state index in [-0.39, 0.29) is 10.9 Å². The van der Waals surface area contributed by atoms with Crippen molar-refractivity contribution in [2.45, 2.75) is 13.0 Å². The van der Waals surface area contributed by atoms with Gasteiger partial charge >= 0.3 is 5.97 Å². The summed E-state index contributed by atoms with van der Waals surface area (Å²) in [4.78, 5) is 26.7. The van der Waals surface area contributed by atoms with E-state index in [1.165, 1.54) is 12.3 Å². The molecule has 184 valence electrons. The maximum absolute atomic E-state index is 15.2. The number of carboxylic acid groups (broad SMARTS) is 1. The third-order valence-corrected chi connectivity index (χ3v) is 6.91. The molecule has 2 N–H and O–H groups in total. The average molecular weight is 486 g/mol. The van der Waals surface area contributed by atoms with E-state index in [9.17, 15) is 14.7 Å². The Balaban J connectivity index is 1.55. The Morgan fingerprint density at radius 1 is 1.08 bits per heavy atom. The Morgan fingerprint density at radius 3 is 2.50 bits per heavy atom. The van der Waals surface area contributed by atoms with Crippen LogP contribution in [0.15, 0.2) is 77.7 Å². The highest BCUT2D eigenvalue weighted by Crippen LogP contribution is 2.30. The summed E-state index contributed by atoms with van der Waals surface area (Å²) in [6.07, 6.45) is 2.32. The highest BCUT2D eigenvalue weighted by Gasteiger charge is 2.25. The van der Waals surface area contributed by atoms with Gasteiger partial charge in [-0.2, -0.15) is 0 Å². The number of nitrogens with zero attached hydrogens (tertiary/aromatic N) is 2. The average Bonchev–Trinajstić information content (AvgIpc) is 3.35. The van der Waals surface area contributed by atoms with E-state index in [0.717, 1.165) is 42.7 Å². The van der Waals surface area contributed by atoms with Crippen LogP contribution in [0, 0.1) is 11.7 Å². The largest absolute Gasteiger partial charge is 0.477 e. The van der Waals surface area contributed by atoms with Crippen molar-refractivity contribution in [2.24, 2.45) is 5.92 Å². The zero-order valence-corrected chi connectivity index (χ0v) is 20.1. The molecule has 1 atom stereocenters. The fraction of sp³-hybridized carbons (Fsp3) is 0.241. The van der Waals surface area contributed by atoms with Crippen LogP contribution >= 0.6 is 0 Å². The molecule has 0 saturated carbocycles. The Morgan fingerprint density at radius 2 is 1.81 bits per heavy atom. The first-order valence-electron chi connectivity index (χ1n) is 12.1. The number of hydrogen-bond donors (Lipinski definition) is 2. The van der Waals surface area contributed by atoms with Crippen LogP contribution in [0.3, 0.4) is 0 Å². The van der Waals surface area contributed by atoms with Gasteiger partial charge in [-0.3, -0.25) is 4.79 Å². The second-order valence-corrected chi connectivity index (χ2v) is 9.35. The molecule has 6 nitrogen and oxygen atoms in total. The number of aromatic carboxylic acids is 1. The lowest BCUT2D eigenvalue weighted by Crippen LogP contribution is -2.25. The van der Waals surface area contributed by atoms with E-state index in [1.54, 1.807) is 10.6 Å². The molecule has 0 amide bonds. The number of carboxylic acids is 1. The van der Waals surface area contributed by atoms with E-state index < -0.39 is 17.2 Å². The van der Waals surface area contributed by atoms with Crippen molar-refractivity contribution in [3.05, 3.63) is 100 Å². The van der Waals surface area contributed by atoms with Gasteiger partial charge < -0.3 is 19.9 Å². The molecule has 0 aliphatic carbocycles. The number of hydrogen-bond acceptors (Lipinski definition) is 4. The number of aromatic nitrogens is 1. The molecule has 5 rings (SSSR count). The van der Waals surface area contributed by atoms with E-state index >= 15 is 4.39 Å². The standard InChI is InChI=1S/C29H28FN3O3/c1-31-15-20-11-12-32(17-20)27-14-26-23(13-25(27)30)28(34)24(29(35)36)18-33(26)16-19-7-9-22(10-8-19)21-5-3-2-4-6-21/h2-10,13-14,18,20,31H,11-12,15-17H2,1H3,(H,35,36)/t20-/m0/s1. The Hall–Kier alpha value is -3.97. The summed E-state index contributed by atoms with van der Waals surface area (Å²) < 4.78 is 16.9. The maximum atomic E-state index is 15.2. The topological polar surface area (TPSA) is 74.6 Å². The molecule has 1 aliphatic rings. The van der Waals surface area contributed by atoms with Gasteiger partial charge in [-0.15, -0.1) is 0 Å². The van der Waals surface area contributed by atoms with Crippen molar-refractivity contribution >= 4 is 22.6 Å². The first-order valence-corrected chi connectivity index (χ1v) is 12.1. The molecule has 0 unspecified atom stereocenters. The minimum Gasteiger partial charge on any atom is -0.477 e. The van der Waals surface area contributed by atoms with Crippen LogP contribution in [-0.2, 0) is 6.54 Å². The Bertz CT molecular complexity index is 1470. The maximum Gasteiger partial charge on any atom is 0.341 e. The fourth-order valence-electron chi connectivity index (χ4n) is 5.06. The smallest absolute Gasteiger partial charge is 0.341 e. The first-order chi connectivity index (χ1) is 17.4. The molecule has 1 saturated heterocycles. The molecule has 7 heteroatoms. The highest BCUT2D eigenvalue weighted by molar-refractivity contribution is 5.93. The molecule has 4 aromatic rings. The minimum absolute atomic E-state index is 0.0722. The number of nitrogens with one attached hydrogen (secondary N) is 1. The molecule has 1 aromatic heterocycles. The zero-order valence-electron chi connectivity index (χ0n) is 20.1. The second-order valence-electron chi connectivity index (χ2n) is 9.35. The first kappa shape index (κ1) is 23.8. The van der Waals surface area contributed by atoms with Crippen LogP contribution in [0.1, 0.15) is 22.3 Å². The summed E-state index contributed by atoms with van der Waals surface area (Å²) in [5.74, 6) is -1.41. The van der Waals surface area contributed by atoms with Crippen LogP contribution < -0.4 is 15.6 Å². The van der Waals surface area contributed by atoms with Crippen molar-refractivity contribution in [3.8, 4) is 11.1 Å². The van der Waals surface area contributed by atoms with Gasteiger partial charge in [0.25, 0.3) is 0 Å². The number of halogens is 1. The van der Waals surface area contributed by atoms with Crippen LogP contribution in [0.5, 0.6) is 0 Å². The lowest BCUT2D eigenvalue weighted by atomic mass is 10.0. The number of fused-ring (bicyclic) bond motifs is 1. The predicted molar refractivity (Wildman–Crippen MR) is 140 cm³/mol. The van der Waals surface area contributed by atoms with Crippen LogP contribution in [0.2, 0.25) is 0 Å². The van der Waals surface area contributed by atoms with Gasteiger partial charge in [-0.1, -0.05) is 54.6 Å². The van der Waals surface area contributed by atoms with Crippen LogP contribution in [0.25, 0.3) is 22.0 Å². The van der Waals surface area contributed by atoms with Gasteiger partial charge in [0, 0.05) is 31.2 Å². The van der Waals surface area contributed by atoms with Gasteiger partial charge in [-0.25, -0.2) is 9.18 Å². The third-order valence-electron chi connectivity index (χ3n) is 6.91. The third kappa shape index (κ3) is 4.62. The molecule has 2 heterocycles. The normalized spacial score (nSPS) is 15.5. The van der Waals surface area contributed by atoms with Crippen molar-refractivity contribution in [2.75, 3.05) is 31.6 Å².